The summed E-state index contributed by atoms with van der Waals surface area (Å²) in [6.45, 7) is 5.41. The normalized spacial score (nSPS) is 18.4. The molecule has 0 aromatic rings. The molecule has 0 radical (unpaired) electrons. The number of thiocarbonyl (C=S) groups is 1. The molecule has 1 rings (SSSR count). The summed E-state index contributed by atoms with van der Waals surface area (Å²) >= 11 is 4.75. The average Bonchev–Trinajstić information content (AvgIpc) is 2.27. The summed E-state index contributed by atoms with van der Waals surface area (Å²) in [6.07, 6.45) is 2.29. The summed E-state index contributed by atoms with van der Waals surface area (Å²) in [6, 6.07) is 0.352. The van der Waals surface area contributed by atoms with E-state index in [0.29, 0.717) is 6.04 Å². The molecule has 0 bridgehead atoms. The molecule has 1 aliphatic heterocycles. The van der Waals surface area contributed by atoms with E-state index in [-0.39, 0.29) is 17.3 Å². The second-order valence-corrected chi connectivity index (χ2v) is 4.84. The zero-order valence-corrected chi connectivity index (χ0v) is 10.9. The van der Waals surface area contributed by atoms with Crippen LogP contribution in [0, 0.1) is 0 Å². The molecule has 16 heavy (non-hydrogen) atoms. The van der Waals surface area contributed by atoms with Crippen molar-refractivity contribution in [1.82, 2.24) is 9.80 Å². The van der Waals surface area contributed by atoms with E-state index in [4.69, 9.17) is 18.0 Å². The van der Waals surface area contributed by atoms with Gasteiger partial charge in [0.15, 0.2) is 0 Å². The predicted molar refractivity (Wildman–Crippen MR) is 69.3 cm³/mol. The molecule has 0 saturated carbocycles. The number of rotatable bonds is 4. The molecule has 0 aromatic carbocycles. The third kappa shape index (κ3) is 3.72. The number of piperidine rings is 1. The maximum Gasteiger partial charge on any atom is 0.229 e. The van der Waals surface area contributed by atoms with Crippen molar-refractivity contribution in [3.63, 3.8) is 0 Å². The van der Waals surface area contributed by atoms with Gasteiger partial charge >= 0.3 is 0 Å². The Kier molecular flexibility index (Phi) is 5.15. The van der Waals surface area contributed by atoms with Crippen molar-refractivity contribution in [3.05, 3.63) is 0 Å². The minimum absolute atomic E-state index is 0.0439. The van der Waals surface area contributed by atoms with Gasteiger partial charge in [0.2, 0.25) is 5.91 Å². The molecule has 0 aromatic heterocycles. The lowest BCUT2D eigenvalue weighted by Gasteiger charge is -2.36. The second kappa shape index (κ2) is 6.15. The third-order valence-corrected chi connectivity index (χ3v) is 3.42. The van der Waals surface area contributed by atoms with Crippen molar-refractivity contribution in [2.24, 2.45) is 5.73 Å². The summed E-state index contributed by atoms with van der Waals surface area (Å²) in [5.74, 6) is 0.0439. The van der Waals surface area contributed by atoms with Crippen molar-refractivity contribution in [2.45, 2.75) is 32.2 Å². The van der Waals surface area contributed by atoms with Crippen molar-refractivity contribution >= 4 is 23.1 Å². The van der Waals surface area contributed by atoms with Crippen LogP contribution in [0.25, 0.3) is 0 Å². The Morgan fingerprint density at radius 1 is 1.50 bits per heavy atom. The smallest absolute Gasteiger partial charge is 0.229 e. The Morgan fingerprint density at radius 2 is 2.06 bits per heavy atom. The Bertz CT molecular complexity index is 262. The molecule has 0 spiro atoms. The van der Waals surface area contributed by atoms with Gasteiger partial charge in [-0.15, -0.1) is 0 Å². The van der Waals surface area contributed by atoms with Crippen LogP contribution in [0.15, 0.2) is 0 Å². The first-order valence-corrected chi connectivity index (χ1v) is 6.21. The standard InChI is InChI=1S/C11H21N3OS/c1-3-14-6-4-9(5-7-14)13(2)11(15)8-10(12)16/h9H,3-8H2,1-2H3,(H2,12,16). The van der Waals surface area contributed by atoms with Crippen LogP contribution in [0.1, 0.15) is 26.2 Å². The fourth-order valence-corrected chi connectivity index (χ4v) is 2.22. The van der Waals surface area contributed by atoms with Gasteiger partial charge in [0, 0.05) is 26.2 Å². The molecule has 1 amide bonds. The summed E-state index contributed by atoms with van der Waals surface area (Å²) < 4.78 is 0. The fourth-order valence-electron chi connectivity index (χ4n) is 2.10. The lowest BCUT2D eigenvalue weighted by molar-refractivity contribution is -0.131. The predicted octanol–water partition coefficient (Wildman–Crippen LogP) is 0.605. The summed E-state index contributed by atoms with van der Waals surface area (Å²) in [4.78, 5) is 16.2. The van der Waals surface area contributed by atoms with Crippen LogP contribution in [0.5, 0.6) is 0 Å². The van der Waals surface area contributed by atoms with Crippen molar-refractivity contribution in [2.75, 3.05) is 26.7 Å². The van der Waals surface area contributed by atoms with Crippen LogP contribution in [0.3, 0.4) is 0 Å². The van der Waals surface area contributed by atoms with Gasteiger partial charge in [-0.2, -0.15) is 0 Å². The third-order valence-electron chi connectivity index (χ3n) is 3.27. The van der Waals surface area contributed by atoms with E-state index >= 15 is 0 Å². The molecule has 4 nitrogen and oxygen atoms in total. The van der Waals surface area contributed by atoms with E-state index < -0.39 is 0 Å². The van der Waals surface area contributed by atoms with Crippen molar-refractivity contribution in [3.8, 4) is 0 Å². The zero-order valence-electron chi connectivity index (χ0n) is 10.1. The molecule has 1 saturated heterocycles. The van der Waals surface area contributed by atoms with Gasteiger partial charge in [-0.25, -0.2) is 0 Å². The molecule has 5 heteroatoms. The molecule has 1 aliphatic rings. The quantitative estimate of drug-likeness (QED) is 0.735. The van der Waals surface area contributed by atoms with Crippen molar-refractivity contribution < 1.29 is 4.79 Å². The number of nitrogens with zero attached hydrogens (tertiary/aromatic N) is 2. The Labute approximate surface area is 103 Å². The molecule has 0 aliphatic carbocycles. The van der Waals surface area contributed by atoms with Crippen LogP contribution < -0.4 is 5.73 Å². The van der Waals surface area contributed by atoms with Gasteiger partial charge in [-0.05, 0) is 19.4 Å². The van der Waals surface area contributed by atoms with Crippen LogP contribution in [0.4, 0.5) is 0 Å². The van der Waals surface area contributed by atoms with Crippen LogP contribution in [0.2, 0.25) is 0 Å². The van der Waals surface area contributed by atoms with Gasteiger partial charge < -0.3 is 15.5 Å². The SMILES string of the molecule is CCN1CCC(N(C)C(=O)CC(N)=S)CC1. The Balaban J connectivity index is 2.40. The van der Waals surface area contributed by atoms with Gasteiger partial charge in [0.1, 0.15) is 0 Å². The molecular formula is C11H21N3OS. The minimum atomic E-state index is 0.0439. The summed E-state index contributed by atoms with van der Waals surface area (Å²) in [5, 5.41) is 0. The molecule has 1 heterocycles. The highest BCUT2D eigenvalue weighted by Crippen LogP contribution is 2.15. The molecule has 1 fully saturated rings. The first-order valence-electron chi connectivity index (χ1n) is 5.81. The lowest BCUT2D eigenvalue weighted by Crippen LogP contribution is -2.46. The maximum absolute atomic E-state index is 11.7. The molecule has 2 N–H and O–H groups in total. The first kappa shape index (κ1) is 13.4. The number of nitrogens with two attached hydrogens (primary N) is 1. The van der Waals surface area contributed by atoms with E-state index in [1.807, 2.05) is 11.9 Å². The van der Waals surface area contributed by atoms with Gasteiger partial charge in [-0.1, -0.05) is 19.1 Å². The molecule has 92 valence electrons. The van der Waals surface area contributed by atoms with Crippen LogP contribution in [-0.4, -0.2) is 53.4 Å². The highest BCUT2D eigenvalue weighted by Gasteiger charge is 2.24. The monoisotopic (exact) mass is 243 g/mol. The van der Waals surface area contributed by atoms with Crippen LogP contribution >= 0.6 is 12.2 Å². The maximum atomic E-state index is 11.7. The van der Waals surface area contributed by atoms with E-state index in [1.165, 1.54) is 0 Å². The largest absolute Gasteiger partial charge is 0.393 e. The van der Waals surface area contributed by atoms with Gasteiger partial charge in [0.25, 0.3) is 0 Å². The van der Waals surface area contributed by atoms with Gasteiger partial charge in [-0.3, -0.25) is 4.79 Å². The van der Waals surface area contributed by atoms with E-state index in [9.17, 15) is 4.79 Å². The van der Waals surface area contributed by atoms with Crippen LogP contribution in [-0.2, 0) is 4.79 Å². The molecule has 0 unspecified atom stereocenters. The van der Waals surface area contributed by atoms with E-state index in [2.05, 4.69) is 11.8 Å². The Morgan fingerprint density at radius 3 is 2.50 bits per heavy atom. The molecular weight excluding hydrogens is 222 g/mol. The fraction of sp³-hybridized carbons (Fsp3) is 0.818. The average molecular weight is 243 g/mol. The highest BCUT2D eigenvalue weighted by atomic mass is 32.1. The molecule has 0 atom stereocenters. The Hall–Kier alpha value is -0.680. The summed E-state index contributed by atoms with van der Waals surface area (Å²) in [5.41, 5.74) is 5.38. The highest BCUT2D eigenvalue weighted by molar-refractivity contribution is 7.80. The van der Waals surface area contributed by atoms with Crippen molar-refractivity contribution in [1.29, 1.82) is 0 Å². The zero-order chi connectivity index (χ0) is 12.1. The van der Waals surface area contributed by atoms with E-state index in [0.717, 1.165) is 32.5 Å². The second-order valence-electron chi connectivity index (χ2n) is 4.31. The number of carbonyl (C=O) groups excluding carboxylic acids is 1. The van der Waals surface area contributed by atoms with Gasteiger partial charge in [0.05, 0.1) is 11.4 Å². The topological polar surface area (TPSA) is 49.6 Å². The summed E-state index contributed by atoms with van der Waals surface area (Å²) in [7, 11) is 1.85. The lowest BCUT2D eigenvalue weighted by atomic mass is 10.0. The first-order chi connectivity index (χ1) is 7.54. The number of hydrogen-bond donors (Lipinski definition) is 1. The number of amides is 1. The van der Waals surface area contributed by atoms with E-state index in [1.54, 1.807) is 0 Å². The number of likely N-dealkylation sites (tertiary alicyclic amines) is 1. The number of hydrogen-bond acceptors (Lipinski definition) is 3. The number of carbonyl (C=O) groups is 1. The minimum Gasteiger partial charge on any atom is -0.393 e.